The number of esters is 2. The van der Waals surface area contributed by atoms with Gasteiger partial charge in [0, 0.05) is 0 Å². The molecule has 0 bridgehead atoms. The second-order valence-corrected chi connectivity index (χ2v) is 6.99. The molecule has 6 nitrogen and oxygen atoms in total. The maximum atomic E-state index is 12.0. The van der Waals surface area contributed by atoms with Crippen molar-refractivity contribution in [3.63, 3.8) is 0 Å². The number of hydrogen-bond acceptors (Lipinski definition) is 7. The molecule has 0 spiro atoms. The van der Waals surface area contributed by atoms with Gasteiger partial charge in [-0.05, 0) is 12.8 Å². The lowest BCUT2D eigenvalue weighted by Crippen LogP contribution is -2.17. The Morgan fingerprint density at radius 1 is 0.880 bits per heavy atom. The van der Waals surface area contributed by atoms with Crippen LogP contribution in [-0.4, -0.2) is 38.4 Å². The smallest absolute Gasteiger partial charge is 0.311 e. The third kappa shape index (κ3) is 5.92. The van der Waals surface area contributed by atoms with E-state index >= 15 is 0 Å². The number of ether oxygens (including phenoxy) is 4. The molecule has 1 aromatic rings. The third-order valence-electron chi connectivity index (χ3n) is 3.67. The van der Waals surface area contributed by atoms with Gasteiger partial charge in [0.1, 0.15) is 13.2 Å². The number of hydrogen-bond donors (Lipinski definition) is 0. The first-order valence-corrected chi connectivity index (χ1v) is 9.68. The van der Waals surface area contributed by atoms with E-state index in [1.54, 1.807) is 0 Å². The van der Waals surface area contributed by atoms with Crippen LogP contribution in [0.3, 0.4) is 0 Å². The molecule has 0 saturated heterocycles. The molecule has 0 saturated carbocycles. The Labute approximate surface area is 152 Å². The Kier molecular flexibility index (Phi) is 8.04. The summed E-state index contributed by atoms with van der Waals surface area (Å²) in [4.78, 5) is 25.4. The van der Waals surface area contributed by atoms with Gasteiger partial charge in [-0.25, -0.2) is 0 Å². The van der Waals surface area contributed by atoms with Crippen molar-refractivity contribution in [1.29, 1.82) is 0 Å². The average molecular weight is 370 g/mol. The summed E-state index contributed by atoms with van der Waals surface area (Å²) in [6.45, 7) is 5.80. The molecular formula is C18H26O6S. The minimum Gasteiger partial charge on any atom is -0.485 e. The van der Waals surface area contributed by atoms with Crippen LogP contribution >= 0.6 is 11.3 Å². The quantitative estimate of drug-likeness (QED) is 0.465. The van der Waals surface area contributed by atoms with Gasteiger partial charge >= 0.3 is 11.9 Å². The monoisotopic (exact) mass is 370 g/mol. The Balaban J connectivity index is 2.02. The molecule has 0 aliphatic carbocycles. The fourth-order valence-corrected chi connectivity index (χ4v) is 3.50. The van der Waals surface area contributed by atoms with Crippen LogP contribution in [0.25, 0.3) is 0 Å². The Hall–Kier alpha value is -1.76. The summed E-state index contributed by atoms with van der Waals surface area (Å²) in [5.74, 6) is 0.563. The van der Waals surface area contributed by atoms with E-state index < -0.39 is 0 Å². The van der Waals surface area contributed by atoms with Crippen LogP contribution in [0.4, 0.5) is 0 Å². The largest absolute Gasteiger partial charge is 0.485 e. The van der Waals surface area contributed by atoms with E-state index in [9.17, 15) is 9.59 Å². The minimum absolute atomic E-state index is 0.130. The van der Waals surface area contributed by atoms with Crippen molar-refractivity contribution >= 4 is 23.3 Å². The van der Waals surface area contributed by atoms with Gasteiger partial charge in [-0.1, -0.05) is 26.7 Å². The van der Waals surface area contributed by atoms with Crippen molar-refractivity contribution in [3.8, 4) is 11.5 Å². The molecule has 25 heavy (non-hydrogen) atoms. The summed E-state index contributed by atoms with van der Waals surface area (Å²) < 4.78 is 21.8. The number of fused-ring (bicyclic) bond motifs is 1. The highest BCUT2D eigenvalue weighted by Gasteiger charge is 2.27. The van der Waals surface area contributed by atoms with Gasteiger partial charge in [0.2, 0.25) is 0 Å². The number of rotatable bonds is 10. The van der Waals surface area contributed by atoms with Crippen molar-refractivity contribution in [2.75, 3.05) is 26.4 Å². The maximum absolute atomic E-state index is 12.0. The number of unbranched alkanes of at least 4 members (excludes halogenated alkanes) is 2. The van der Waals surface area contributed by atoms with Crippen LogP contribution in [0.15, 0.2) is 0 Å². The fourth-order valence-electron chi connectivity index (χ4n) is 2.33. The second-order valence-electron chi connectivity index (χ2n) is 5.81. The first kappa shape index (κ1) is 19.6. The highest BCUT2D eigenvalue weighted by Crippen LogP contribution is 2.44. The zero-order valence-electron chi connectivity index (χ0n) is 14.9. The van der Waals surface area contributed by atoms with Crippen LogP contribution in [0.1, 0.15) is 49.3 Å². The maximum Gasteiger partial charge on any atom is 0.311 e. The van der Waals surface area contributed by atoms with E-state index in [1.807, 2.05) is 13.8 Å². The lowest BCUT2D eigenvalue weighted by atomic mass is 10.2. The molecule has 1 aliphatic heterocycles. The molecule has 140 valence electrons. The predicted octanol–water partition coefficient (Wildman–Crippen LogP) is 3.29. The Morgan fingerprint density at radius 3 is 1.72 bits per heavy atom. The first-order valence-electron chi connectivity index (χ1n) is 8.87. The van der Waals surface area contributed by atoms with Gasteiger partial charge in [-0.15, -0.1) is 11.3 Å². The SMILES string of the molecule is CCCCOC(=O)Cc1sc(CC(=O)OCCCC)c2c1OCCO2. The number of thiophene rings is 1. The van der Waals surface area contributed by atoms with Crippen molar-refractivity contribution in [3.05, 3.63) is 9.75 Å². The zero-order valence-corrected chi connectivity index (χ0v) is 15.7. The zero-order chi connectivity index (χ0) is 18.1. The summed E-state index contributed by atoms with van der Waals surface area (Å²) in [6, 6.07) is 0. The molecule has 1 aromatic heterocycles. The van der Waals surface area contributed by atoms with Crippen molar-refractivity contribution in [2.45, 2.75) is 52.4 Å². The Bertz CT molecular complexity index is 532. The first-order chi connectivity index (χ1) is 12.2. The number of carbonyl (C=O) groups is 2. The number of carbonyl (C=O) groups excluding carboxylic acids is 2. The van der Waals surface area contributed by atoms with E-state index in [0.29, 0.717) is 37.9 Å². The predicted molar refractivity (Wildman–Crippen MR) is 94.5 cm³/mol. The highest BCUT2D eigenvalue weighted by molar-refractivity contribution is 7.13. The van der Waals surface area contributed by atoms with Crippen LogP contribution in [0, 0.1) is 0 Å². The third-order valence-corrected chi connectivity index (χ3v) is 4.82. The van der Waals surface area contributed by atoms with Gasteiger partial charge in [0.25, 0.3) is 0 Å². The minimum atomic E-state index is -0.288. The topological polar surface area (TPSA) is 71.1 Å². The summed E-state index contributed by atoms with van der Waals surface area (Å²) in [5.41, 5.74) is 0. The molecule has 0 aromatic carbocycles. The molecule has 1 aliphatic rings. The highest BCUT2D eigenvalue weighted by atomic mass is 32.1. The fraction of sp³-hybridized carbons (Fsp3) is 0.667. The lowest BCUT2D eigenvalue weighted by Gasteiger charge is -2.17. The average Bonchev–Trinajstić information content (AvgIpc) is 2.93. The van der Waals surface area contributed by atoms with Gasteiger partial charge < -0.3 is 18.9 Å². The van der Waals surface area contributed by atoms with Crippen LogP contribution in [0.2, 0.25) is 0 Å². The van der Waals surface area contributed by atoms with E-state index in [0.717, 1.165) is 35.4 Å². The Morgan fingerprint density at radius 2 is 1.32 bits per heavy atom. The van der Waals surface area contributed by atoms with E-state index in [2.05, 4.69) is 0 Å². The second kappa shape index (κ2) is 10.3. The van der Waals surface area contributed by atoms with E-state index in [-0.39, 0.29) is 24.8 Å². The van der Waals surface area contributed by atoms with Crippen LogP contribution < -0.4 is 9.47 Å². The van der Waals surface area contributed by atoms with Gasteiger partial charge in [0.15, 0.2) is 11.5 Å². The van der Waals surface area contributed by atoms with Crippen molar-refractivity contribution in [1.82, 2.24) is 0 Å². The van der Waals surface area contributed by atoms with Gasteiger partial charge in [0.05, 0.1) is 35.8 Å². The molecular weight excluding hydrogens is 344 g/mol. The van der Waals surface area contributed by atoms with Gasteiger partial charge in [-0.3, -0.25) is 9.59 Å². The summed E-state index contributed by atoms with van der Waals surface area (Å²) in [5, 5.41) is 0. The molecule has 0 N–H and O–H groups in total. The standard InChI is InChI=1S/C18H26O6S/c1-3-5-7-21-15(19)11-13-17-18(24-10-9-23-17)14(25-13)12-16(20)22-8-6-4-2/h3-12H2,1-2H3. The normalized spacial score (nSPS) is 12.7. The van der Waals surface area contributed by atoms with Crippen LogP contribution in [0.5, 0.6) is 11.5 Å². The molecule has 2 heterocycles. The molecule has 0 radical (unpaired) electrons. The molecule has 0 fully saturated rings. The van der Waals surface area contributed by atoms with Gasteiger partial charge in [-0.2, -0.15) is 0 Å². The van der Waals surface area contributed by atoms with Crippen LogP contribution in [-0.2, 0) is 31.9 Å². The summed E-state index contributed by atoms with van der Waals surface area (Å²) in [6.07, 6.45) is 3.91. The van der Waals surface area contributed by atoms with E-state index in [4.69, 9.17) is 18.9 Å². The van der Waals surface area contributed by atoms with E-state index in [1.165, 1.54) is 11.3 Å². The molecule has 0 amide bonds. The van der Waals surface area contributed by atoms with Crippen molar-refractivity contribution in [2.24, 2.45) is 0 Å². The molecule has 0 atom stereocenters. The van der Waals surface area contributed by atoms with Crippen molar-refractivity contribution < 1.29 is 28.5 Å². The molecule has 0 unspecified atom stereocenters. The molecule has 7 heteroatoms. The summed E-state index contributed by atoms with van der Waals surface area (Å²) in [7, 11) is 0. The lowest BCUT2D eigenvalue weighted by molar-refractivity contribution is -0.143. The molecule has 2 rings (SSSR count). The summed E-state index contributed by atoms with van der Waals surface area (Å²) >= 11 is 1.36.